The molecule has 2 aliphatic heterocycles. The highest BCUT2D eigenvalue weighted by atomic mass is 16.7. The third kappa shape index (κ3) is 0.690. The summed E-state index contributed by atoms with van der Waals surface area (Å²) in [4.78, 5) is 0. The Morgan fingerprint density at radius 2 is 2.27 bits per heavy atom. The molecule has 62 valence electrons. The van der Waals surface area contributed by atoms with E-state index >= 15 is 0 Å². The van der Waals surface area contributed by atoms with Crippen LogP contribution in [0.4, 0.5) is 0 Å². The number of aliphatic hydroxyl groups is 1. The first kappa shape index (κ1) is 7.32. The quantitative estimate of drug-likeness (QED) is 0.535. The second kappa shape index (κ2) is 1.70. The van der Waals surface area contributed by atoms with E-state index in [1.165, 1.54) is 0 Å². The van der Waals surface area contributed by atoms with Gasteiger partial charge in [0.15, 0.2) is 5.79 Å². The largest absolute Gasteiger partial charge is 0.362 e. The molecule has 2 saturated heterocycles. The van der Waals surface area contributed by atoms with Gasteiger partial charge in [-0.1, -0.05) is 13.5 Å². The number of ether oxygens (including phenoxy) is 1. The Morgan fingerprint density at radius 1 is 1.64 bits per heavy atom. The fraction of sp³-hybridized carbons (Fsp3) is 0.778. The van der Waals surface area contributed by atoms with Crippen molar-refractivity contribution in [2.24, 2.45) is 5.92 Å². The molecule has 0 spiro atoms. The summed E-state index contributed by atoms with van der Waals surface area (Å²) in [5.74, 6) is -0.699. The zero-order valence-electron chi connectivity index (χ0n) is 7.05. The molecule has 0 radical (unpaired) electrons. The van der Waals surface area contributed by atoms with E-state index in [1.54, 1.807) is 0 Å². The van der Waals surface area contributed by atoms with Crippen LogP contribution in [0.5, 0.6) is 0 Å². The van der Waals surface area contributed by atoms with E-state index in [-0.39, 0.29) is 5.60 Å². The molecule has 2 fully saturated rings. The number of hydrogen-bond acceptors (Lipinski definition) is 2. The van der Waals surface area contributed by atoms with Gasteiger partial charge < -0.3 is 9.84 Å². The number of rotatable bonds is 0. The van der Waals surface area contributed by atoms with Crippen molar-refractivity contribution in [2.45, 2.75) is 38.1 Å². The van der Waals surface area contributed by atoms with Crippen molar-refractivity contribution in [3.05, 3.63) is 12.2 Å². The summed E-state index contributed by atoms with van der Waals surface area (Å²) in [5.41, 5.74) is 0.706. The molecular formula is C9H14O2. The first-order chi connectivity index (χ1) is 4.98. The predicted molar refractivity (Wildman–Crippen MR) is 42.0 cm³/mol. The van der Waals surface area contributed by atoms with Gasteiger partial charge >= 0.3 is 0 Å². The second-order valence-corrected chi connectivity index (χ2v) is 3.95. The average Bonchev–Trinajstić information content (AvgIpc) is 2.32. The molecule has 11 heavy (non-hydrogen) atoms. The van der Waals surface area contributed by atoms with Gasteiger partial charge in [0.25, 0.3) is 0 Å². The number of hydrogen-bond donors (Lipinski definition) is 1. The summed E-state index contributed by atoms with van der Waals surface area (Å²) in [6, 6.07) is 0. The highest BCUT2D eigenvalue weighted by Gasteiger charge is 2.59. The van der Waals surface area contributed by atoms with E-state index in [1.807, 2.05) is 6.92 Å². The highest BCUT2D eigenvalue weighted by Crippen LogP contribution is 2.54. The lowest BCUT2D eigenvalue weighted by Gasteiger charge is -2.26. The van der Waals surface area contributed by atoms with Gasteiger partial charge in [0, 0.05) is 12.3 Å². The Bertz CT molecular complexity index is 224. The topological polar surface area (TPSA) is 29.5 Å². The second-order valence-electron chi connectivity index (χ2n) is 3.95. The number of fused-ring (bicyclic) bond motifs is 2. The van der Waals surface area contributed by atoms with Gasteiger partial charge in [-0.2, -0.15) is 0 Å². The molecule has 1 N–H and O–H groups in total. The lowest BCUT2D eigenvalue weighted by Crippen LogP contribution is -2.30. The Kier molecular flexibility index (Phi) is 1.13. The van der Waals surface area contributed by atoms with Gasteiger partial charge in [-0.25, -0.2) is 0 Å². The molecule has 0 aromatic heterocycles. The summed E-state index contributed by atoms with van der Waals surface area (Å²) >= 11 is 0. The van der Waals surface area contributed by atoms with Gasteiger partial charge in [0.2, 0.25) is 0 Å². The van der Waals surface area contributed by atoms with Gasteiger partial charge in [0.1, 0.15) is 0 Å². The van der Waals surface area contributed by atoms with Crippen molar-refractivity contribution < 1.29 is 9.84 Å². The van der Waals surface area contributed by atoms with Crippen LogP contribution in [0, 0.1) is 5.92 Å². The molecule has 1 unspecified atom stereocenters. The van der Waals surface area contributed by atoms with Crippen molar-refractivity contribution >= 4 is 0 Å². The fourth-order valence-corrected chi connectivity index (χ4v) is 2.14. The van der Waals surface area contributed by atoms with Crippen molar-refractivity contribution in [1.29, 1.82) is 0 Å². The maximum absolute atomic E-state index is 9.82. The minimum Gasteiger partial charge on any atom is -0.362 e. The standard InChI is InChI=1S/C9H14O2/c1-6-7(2)9(10)5-4-8(6,3)11-9/h6,10H,2,4-5H2,1,3H3/t6?,8-,9+/m0/s1. The first-order valence-corrected chi connectivity index (χ1v) is 4.10. The van der Waals surface area contributed by atoms with Crippen LogP contribution < -0.4 is 0 Å². The van der Waals surface area contributed by atoms with E-state index in [4.69, 9.17) is 4.74 Å². The van der Waals surface area contributed by atoms with Crippen LogP contribution in [-0.4, -0.2) is 16.5 Å². The third-order valence-corrected chi connectivity index (χ3v) is 3.30. The Morgan fingerprint density at radius 3 is 2.55 bits per heavy atom. The lowest BCUT2D eigenvalue weighted by molar-refractivity contribution is -0.161. The van der Waals surface area contributed by atoms with E-state index in [2.05, 4.69) is 13.5 Å². The molecule has 2 heteroatoms. The minimum absolute atomic E-state index is 0.147. The zero-order chi connectivity index (χ0) is 8.28. The summed E-state index contributed by atoms with van der Waals surface area (Å²) in [6.07, 6.45) is 1.66. The molecule has 2 rings (SSSR count). The average molecular weight is 154 g/mol. The van der Waals surface area contributed by atoms with Crippen LogP contribution in [0.3, 0.4) is 0 Å². The maximum Gasteiger partial charge on any atom is 0.189 e. The molecule has 2 heterocycles. The summed E-state index contributed by atoms with van der Waals surface area (Å²) in [6.45, 7) is 7.98. The van der Waals surface area contributed by atoms with Crippen molar-refractivity contribution in [2.75, 3.05) is 0 Å². The van der Waals surface area contributed by atoms with Crippen molar-refractivity contribution in [1.82, 2.24) is 0 Å². The van der Waals surface area contributed by atoms with Crippen molar-refractivity contribution in [3.8, 4) is 0 Å². The first-order valence-electron chi connectivity index (χ1n) is 4.10. The third-order valence-electron chi connectivity index (χ3n) is 3.30. The molecule has 2 nitrogen and oxygen atoms in total. The zero-order valence-corrected chi connectivity index (χ0v) is 7.05. The molecular weight excluding hydrogens is 140 g/mol. The van der Waals surface area contributed by atoms with Crippen LogP contribution in [0.2, 0.25) is 0 Å². The Labute approximate surface area is 66.9 Å². The van der Waals surface area contributed by atoms with Gasteiger partial charge in [0.05, 0.1) is 5.60 Å². The van der Waals surface area contributed by atoms with E-state index in [0.717, 1.165) is 12.0 Å². The lowest BCUT2D eigenvalue weighted by atomic mass is 9.77. The van der Waals surface area contributed by atoms with Crippen LogP contribution in [0.1, 0.15) is 26.7 Å². The van der Waals surface area contributed by atoms with Gasteiger partial charge in [-0.15, -0.1) is 0 Å². The van der Waals surface area contributed by atoms with E-state index < -0.39 is 5.79 Å². The molecule has 2 bridgehead atoms. The summed E-state index contributed by atoms with van der Waals surface area (Å²) in [5, 5.41) is 9.82. The van der Waals surface area contributed by atoms with Gasteiger partial charge in [-0.05, 0) is 18.9 Å². The molecule has 0 aliphatic carbocycles. The van der Waals surface area contributed by atoms with E-state index in [0.29, 0.717) is 12.3 Å². The minimum atomic E-state index is -0.992. The van der Waals surface area contributed by atoms with Crippen LogP contribution in [-0.2, 0) is 4.74 Å². The molecule has 0 amide bonds. The molecule has 0 aromatic carbocycles. The van der Waals surface area contributed by atoms with Crippen LogP contribution in [0.25, 0.3) is 0 Å². The molecule has 3 atom stereocenters. The normalized spacial score (nSPS) is 55.5. The molecule has 0 saturated carbocycles. The smallest absolute Gasteiger partial charge is 0.189 e. The molecule has 2 aliphatic rings. The van der Waals surface area contributed by atoms with E-state index in [9.17, 15) is 5.11 Å². The summed E-state index contributed by atoms with van der Waals surface area (Å²) < 4.78 is 5.53. The molecule has 0 aromatic rings. The van der Waals surface area contributed by atoms with Crippen LogP contribution >= 0.6 is 0 Å². The van der Waals surface area contributed by atoms with Crippen molar-refractivity contribution in [3.63, 3.8) is 0 Å². The predicted octanol–water partition coefficient (Wildman–Crippen LogP) is 1.45. The SMILES string of the molecule is C=C1C(C)[C@]2(C)CC[C@@]1(O)O2. The summed E-state index contributed by atoms with van der Waals surface area (Å²) in [7, 11) is 0. The monoisotopic (exact) mass is 154 g/mol. The fourth-order valence-electron chi connectivity index (χ4n) is 2.14. The Balaban J connectivity index is 2.42. The maximum atomic E-state index is 9.82. The highest BCUT2D eigenvalue weighted by molar-refractivity contribution is 5.25. The van der Waals surface area contributed by atoms with Crippen LogP contribution in [0.15, 0.2) is 12.2 Å². The Hall–Kier alpha value is -0.340. The van der Waals surface area contributed by atoms with Gasteiger partial charge in [-0.3, -0.25) is 0 Å².